The number of carbonyl (C=O) groups excluding carboxylic acids is 3. The number of piperazine rings is 1. The summed E-state index contributed by atoms with van der Waals surface area (Å²) >= 11 is 0. The lowest BCUT2D eigenvalue weighted by molar-refractivity contribution is -0.115. The zero-order valence-electron chi connectivity index (χ0n) is 17.0. The molecule has 1 aromatic carbocycles. The van der Waals surface area contributed by atoms with Crippen LogP contribution in [0.4, 0.5) is 11.4 Å². The van der Waals surface area contributed by atoms with E-state index in [0.29, 0.717) is 23.5 Å². The molecule has 0 aromatic heterocycles. The molecule has 2 rings (SSSR count). The number of benzene rings is 1. The van der Waals surface area contributed by atoms with Crippen LogP contribution < -0.4 is 16.0 Å². The van der Waals surface area contributed by atoms with E-state index in [1.165, 1.54) is 13.8 Å². The van der Waals surface area contributed by atoms with Crippen LogP contribution in [0.3, 0.4) is 0 Å². The van der Waals surface area contributed by atoms with Crippen LogP contribution in [0.5, 0.6) is 0 Å². The quantitative estimate of drug-likeness (QED) is 0.584. The summed E-state index contributed by atoms with van der Waals surface area (Å²) in [5.74, 6) is -0.710. The summed E-state index contributed by atoms with van der Waals surface area (Å²) in [5, 5.41) is 8.22. The van der Waals surface area contributed by atoms with Gasteiger partial charge in [-0.05, 0) is 37.7 Å². The molecule has 3 N–H and O–H groups in total. The van der Waals surface area contributed by atoms with Crippen LogP contribution in [-0.4, -0.2) is 73.3 Å². The summed E-state index contributed by atoms with van der Waals surface area (Å²) < 4.78 is 0. The van der Waals surface area contributed by atoms with Crippen molar-refractivity contribution in [1.29, 1.82) is 0 Å². The Bertz CT molecular complexity index is 665. The first-order chi connectivity index (χ1) is 13.4. The molecule has 1 heterocycles. The maximum Gasteiger partial charge on any atom is 0.251 e. The van der Waals surface area contributed by atoms with Gasteiger partial charge in [0.25, 0.3) is 5.91 Å². The molecule has 8 nitrogen and oxygen atoms in total. The van der Waals surface area contributed by atoms with Crippen LogP contribution in [0.15, 0.2) is 18.2 Å². The predicted octanol–water partition coefficient (Wildman–Crippen LogP) is 1.36. The number of likely N-dealkylation sites (N-methyl/N-ethyl adjacent to an activating group) is 1. The molecule has 0 bridgehead atoms. The van der Waals surface area contributed by atoms with Gasteiger partial charge >= 0.3 is 0 Å². The number of carbonyl (C=O) groups is 3. The van der Waals surface area contributed by atoms with E-state index < -0.39 is 0 Å². The zero-order chi connectivity index (χ0) is 20.5. The van der Waals surface area contributed by atoms with Crippen molar-refractivity contribution in [3.05, 3.63) is 23.8 Å². The first kappa shape index (κ1) is 21.8. The molecule has 0 saturated carbocycles. The van der Waals surface area contributed by atoms with Gasteiger partial charge in [-0.2, -0.15) is 0 Å². The molecule has 3 amide bonds. The van der Waals surface area contributed by atoms with Crippen molar-refractivity contribution in [3.63, 3.8) is 0 Å². The predicted molar refractivity (Wildman–Crippen MR) is 111 cm³/mol. The first-order valence-electron chi connectivity index (χ1n) is 9.80. The van der Waals surface area contributed by atoms with Crippen molar-refractivity contribution in [3.8, 4) is 0 Å². The summed E-state index contributed by atoms with van der Waals surface area (Å²) in [6.07, 6.45) is 0.877. The number of anilines is 2. The van der Waals surface area contributed by atoms with E-state index in [0.717, 1.165) is 45.7 Å². The third-order valence-electron chi connectivity index (χ3n) is 4.68. The Balaban J connectivity index is 1.86. The summed E-state index contributed by atoms with van der Waals surface area (Å²) in [7, 11) is 0. The van der Waals surface area contributed by atoms with Gasteiger partial charge in [0, 0.05) is 63.5 Å². The Morgan fingerprint density at radius 1 is 0.893 bits per heavy atom. The highest BCUT2D eigenvalue weighted by atomic mass is 16.2. The summed E-state index contributed by atoms with van der Waals surface area (Å²) in [6.45, 7) is 12.0. The topological polar surface area (TPSA) is 93.8 Å². The van der Waals surface area contributed by atoms with Gasteiger partial charge in [0.1, 0.15) is 0 Å². The van der Waals surface area contributed by atoms with Crippen LogP contribution in [0, 0.1) is 0 Å². The van der Waals surface area contributed by atoms with Crippen molar-refractivity contribution in [2.45, 2.75) is 27.2 Å². The maximum atomic E-state index is 12.5. The van der Waals surface area contributed by atoms with Crippen molar-refractivity contribution in [2.24, 2.45) is 0 Å². The SMILES string of the molecule is CCN1CCN(CCCNC(=O)c2cc(NC(C)=O)cc(NC(C)=O)c2)CC1. The molecule has 1 aliphatic heterocycles. The van der Waals surface area contributed by atoms with Gasteiger partial charge in [-0.15, -0.1) is 0 Å². The van der Waals surface area contributed by atoms with Crippen LogP contribution in [0.1, 0.15) is 37.6 Å². The molecule has 1 aromatic rings. The van der Waals surface area contributed by atoms with Crippen LogP contribution in [0.25, 0.3) is 0 Å². The summed E-state index contributed by atoms with van der Waals surface area (Å²) in [4.78, 5) is 40.0. The smallest absolute Gasteiger partial charge is 0.251 e. The highest BCUT2D eigenvalue weighted by Crippen LogP contribution is 2.19. The fourth-order valence-electron chi connectivity index (χ4n) is 3.25. The van der Waals surface area contributed by atoms with Gasteiger partial charge in [0.2, 0.25) is 11.8 Å². The molecular weight excluding hydrogens is 358 g/mol. The monoisotopic (exact) mass is 389 g/mol. The van der Waals surface area contributed by atoms with E-state index in [2.05, 4.69) is 32.7 Å². The second-order valence-corrected chi connectivity index (χ2v) is 7.05. The lowest BCUT2D eigenvalue weighted by Gasteiger charge is -2.33. The third kappa shape index (κ3) is 7.28. The van der Waals surface area contributed by atoms with Crippen LogP contribution in [-0.2, 0) is 9.59 Å². The van der Waals surface area contributed by atoms with E-state index in [1.54, 1.807) is 18.2 Å². The summed E-state index contributed by atoms with van der Waals surface area (Å²) in [6, 6.07) is 4.83. The molecule has 0 aliphatic carbocycles. The average molecular weight is 390 g/mol. The van der Waals surface area contributed by atoms with Gasteiger partial charge in [-0.25, -0.2) is 0 Å². The molecule has 0 unspecified atom stereocenters. The lowest BCUT2D eigenvalue weighted by Crippen LogP contribution is -2.46. The first-order valence-corrected chi connectivity index (χ1v) is 9.80. The second kappa shape index (κ2) is 10.8. The minimum absolute atomic E-state index is 0.227. The molecule has 0 radical (unpaired) electrons. The van der Waals surface area contributed by atoms with E-state index in [-0.39, 0.29) is 17.7 Å². The van der Waals surface area contributed by atoms with Crippen molar-refractivity contribution >= 4 is 29.1 Å². The van der Waals surface area contributed by atoms with Crippen LogP contribution in [0.2, 0.25) is 0 Å². The molecule has 1 fully saturated rings. The largest absolute Gasteiger partial charge is 0.352 e. The third-order valence-corrected chi connectivity index (χ3v) is 4.68. The minimum Gasteiger partial charge on any atom is -0.352 e. The average Bonchev–Trinajstić information content (AvgIpc) is 2.64. The zero-order valence-corrected chi connectivity index (χ0v) is 17.0. The second-order valence-electron chi connectivity index (χ2n) is 7.05. The number of rotatable bonds is 8. The fourth-order valence-corrected chi connectivity index (χ4v) is 3.25. The normalized spacial score (nSPS) is 15.1. The van der Waals surface area contributed by atoms with E-state index in [1.807, 2.05) is 0 Å². The number of nitrogens with one attached hydrogen (secondary N) is 3. The molecule has 154 valence electrons. The molecular formula is C20H31N5O3. The van der Waals surface area contributed by atoms with Gasteiger partial charge in [-0.3, -0.25) is 14.4 Å². The number of hydrogen-bond acceptors (Lipinski definition) is 5. The molecule has 8 heteroatoms. The molecule has 0 spiro atoms. The Hall–Kier alpha value is -2.45. The van der Waals surface area contributed by atoms with Gasteiger partial charge in [0.15, 0.2) is 0 Å². The van der Waals surface area contributed by atoms with Crippen molar-refractivity contribution < 1.29 is 14.4 Å². The Kier molecular flexibility index (Phi) is 8.41. The number of hydrogen-bond donors (Lipinski definition) is 3. The lowest BCUT2D eigenvalue weighted by atomic mass is 10.1. The van der Waals surface area contributed by atoms with Crippen LogP contribution >= 0.6 is 0 Å². The van der Waals surface area contributed by atoms with Crippen molar-refractivity contribution in [2.75, 3.05) is 56.4 Å². The Morgan fingerprint density at radius 3 is 1.93 bits per heavy atom. The van der Waals surface area contributed by atoms with Gasteiger partial charge in [-0.1, -0.05) is 6.92 Å². The Labute approximate surface area is 166 Å². The summed E-state index contributed by atoms with van der Waals surface area (Å²) in [5.41, 5.74) is 1.34. The minimum atomic E-state index is -0.241. The van der Waals surface area contributed by atoms with E-state index in [9.17, 15) is 14.4 Å². The van der Waals surface area contributed by atoms with Gasteiger partial charge < -0.3 is 25.8 Å². The fraction of sp³-hybridized carbons (Fsp3) is 0.550. The van der Waals surface area contributed by atoms with Crippen molar-refractivity contribution in [1.82, 2.24) is 15.1 Å². The van der Waals surface area contributed by atoms with E-state index in [4.69, 9.17) is 0 Å². The Morgan fingerprint density at radius 2 is 1.43 bits per heavy atom. The maximum absolute atomic E-state index is 12.5. The highest BCUT2D eigenvalue weighted by Gasteiger charge is 2.15. The standard InChI is InChI=1S/C20H31N5O3/c1-4-24-8-10-25(11-9-24)7-5-6-21-20(28)17-12-18(22-15(2)26)14-19(13-17)23-16(3)27/h12-14H,4-11H2,1-3H3,(H,21,28)(H,22,26)(H,23,27). The molecule has 28 heavy (non-hydrogen) atoms. The molecule has 0 atom stereocenters. The van der Waals surface area contributed by atoms with Gasteiger partial charge in [0.05, 0.1) is 0 Å². The number of nitrogens with zero attached hydrogens (tertiary/aromatic N) is 2. The molecule has 1 saturated heterocycles. The number of amides is 3. The molecule has 1 aliphatic rings. The van der Waals surface area contributed by atoms with E-state index >= 15 is 0 Å². The highest BCUT2D eigenvalue weighted by molar-refractivity contribution is 5.99.